The minimum atomic E-state index is -3.35. The van der Waals surface area contributed by atoms with Crippen LogP contribution in [0.1, 0.15) is 19.3 Å². The van der Waals surface area contributed by atoms with Gasteiger partial charge in [-0.05, 0) is 19.3 Å². The van der Waals surface area contributed by atoms with E-state index in [4.69, 9.17) is 0 Å². The van der Waals surface area contributed by atoms with Crippen LogP contribution in [0.25, 0.3) is 0 Å². The Morgan fingerprint density at radius 1 is 0.875 bits per heavy atom. The Morgan fingerprint density at radius 2 is 1.42 bits per heavy atom. The second-order valence-corrected chi connectivity index (χ2v) is 8.71. The molecule has 24 heavy (non-hydrogen) atoms. The van der Waals surface area contributed by atoms with E-state index >= 15 is 0 Å². The summed E-state index contributed by atoms with van der Waals surface area (Å²) in [6.07, 6.45) is 4.46. The molecule has 2 fully saturated rings. The van der Waals surface area contributed by atoms with Crippen molar-refractivity contribution in [2.45, 2.75) is 19.3 Å². The molecule has 0 saturated carbocycles. The van der Waals surface area contributed by atoms with Crippen LogP contribution in [-0.2, 0) is 19.6 Å². The van der Waals surface area contributed by atoms with Crippen LogP contribution in [0.2, 0.25) is 0 Å². The molecular formula is C15H28N4O4S. The van der Waals surface area contributed by atoms with Crippen molar-refractivity contribution in [3.05, 3.63) is 0 Å². The van der Waals surface area contributed by atoms with Gasteiger partial charge in [-0.15, -0.1) is 0 Å². The number of likely N-dealkylation sites (tertiary alicyclic amines) is 1. The molecule has 0 radical (unpaired) electrons. The monoisotopic (exact) mass is 360 g/mol. The average Bonchev–Trinajstić information content (AvgIpc) is 2.55. The number of piperidine rings is 1. The van der Waals surface area contributed by atoms with Crippen LogP contribution in [0, 0.1) is 0 Å². The molecule has 8 nitrogen and oxygen atoms in total. The smallest absolute Gasteiger partial charge is 0.237 e. The zero-order valence-corrected chi connectivity index (χ0v) is 15.4. The normalized spacial score (nSPS) is 20.5. The first-order valence-corrected chi connectivity index (χ1v) is 10.3. The van der Waals surface area contributed by atoms with E-state index in [9.17, 15) is 18.0 Å². The molecule has 2 heterocycles. The van der Waals surface area contributed by atoms with Gasteiger partial charge < -0.3 is 9.80 Å². The third-order valence-corrected chi connectivity index (χ3v) is 5.98. The molecule has 2 saturated heterocycles. The number of piperazine rings is 1. The summed E-state index contributed by atoms with van der Waals surface area (Å²) in [4.78, 5) is 30.1. The summed E-state index contributed by atoms with van der Waals surface area (Å²) in [6.45, 7) is 4.34. The van der Waals surface area contributed by atoms with Crippen LogP contribution >= 0.6 is 0 Å². The van der Waals surface area contributed by atoms with Gasteiger partial charge in [-0.1, -0.05) is 0 Å². The highest BCUT2D eigenvalue weighted by Crippen LogP contribution is 2.10. The number of hydrogen-bond acceptors (Lipinski definition) is 5. The summed E-state index contributed by atoms with van der Waals surface area (Å²) in [6, 6.07) is 0. The molecule has 0 aliphatic carbocycles. The fraction of sp³-hybridized carbons (Fsp3) is 0.867. The van der Waals surface area contributed by atoms with Crippen LogP contribution in [0.4, 0.5) is 0 Å². The number of rotatable bonds is 5. The maximum atomic E-state index is 12.3. The van der Waals surface area contributed by atoms with Crippen LogP contribution in [0.5, 0.6) is 0 Å². The topological polar surface area (TPSA) is 81.2 Å². The third kappa shape index (κ3) is 5.42. The van der Waals surface area contributed by atoms with Gasteiger partial charge in [0.2, 0.25) is 21.8 Å². The molecule has 138 valence electrons. The van der Waals surface area contributed by atoms with Gasteiger partial charge in [-0.3, -0.25) is 14.5 Å². The first-order chi connectivity index (χ1) is 11.3. The first-order valence-electron chi connectivity index (χ1n) is 8.46. The molecule has 0 N–H and O–H groups in total. The largest absolute Gasteiger partial charge is 0.342 e. The van der Waals surface area contributed by atoms with Crippen LogP contribution in [0.15, 0.2) is 0 Å². The van der Waals surface area contributed by atoms with Crippen molar-refractivity contribution in [1.29, 1.82) is 0 Å². The minimum Gasteiger partial charge on any atom is -0.342 e. The number of carbonyl (C=O) groups is 2. The van der Waals surface area contributed by atoms with E-state index in [1.54, 1.807) is 4.90 Å². The van der Waals surface area contributed by atoms with Crippen LogP contribution in [-0.4, -0.2) is 105 Å². The zero-order chi connectivity index (χ0) is 17.7. The van der Waals surface area contributed by atoms with Crippen molar-refractivity contribution in [2.24, 2.45) is 0 Å². The van der Waals surface area contributed by atoms with E-state index < -0.39 is 10.0 Å². The maximum absolute atomic E-state index is 12.3. The lowest BCUT2D eigenvalue weighted by Crippen LogP contribution is -2.53. The van der Waals surface area contributed by atoms with Gasteiger partial charge in [-0.2, -0.15) is 4.31 Å². The number of hydrogen-bond donors (Lipinski definition) is 0. The fourth-order valence-electron chi connectivity index (χ4n) is 3.00. The molecule has 0 aromatic heterocycles. The molecule has 2 amide bonds. The molecule has 0 bridgehead atoms. The summed E-state index contributed by atoms with van der Waals surface area (Å²) in [5.41, 5.74) is 0. The van der Waals surface area contributed by atoms with E-state index in [0.717, 1.165) is 36.5 Å². The highest BCUT2D eigenvalue weighted by atomic mass is 32.2. The number of nitrogens with zero attached hydrogens (tertiary/aromatic N) is 4. The number of sulfonamides is 1. The first kappa shape index (κ1) is 19.1. The lowest BCUT2D eigenvalue weighted by molar-refractivity contribution is -0.135. The number of likely N-dealkylation sites (N-methyl/N-ethyl adjacent to an activating group) is 1. The lowest BCUT2D eigenvalue weighted by atomic mass is 10.1. The van der Waals surface area contributed by atoms with E-state index in [1.165, 1.54) is 13.5 Å². The van der Waals surface area contributed by atoms with Gasteiger partial charge in [0, 0.05) is 46.3 Å². The molecule has 2 aliphatic rings. The van der Waals surface area contributed by atoms with E-state index in [1.807, 2.05) is 4.90 Å². The molecule has 0 unspecified atom stereocenters. The van der Waals surface area contributed by atoms with Crippen molar-refractivity contribution in [1.82, 2.24) is 19.0 Å². The Kier molecular flexibility index (Phi) is 6.59. The zero-order valence-electron chi connectivity index (χ0n) is 14.6. The van der Waals surface area contributed by atoms with Crippen LogP contribution in [0.3, 0.4) is 0 Å². The Hall–Kier alpha value is -1.19. The molecule has 9 heteroatoms. The second kappa shape index (κ2) is 8.26. The maximum Gasteiger partial charge on any atom is 0.237 e. The molecule has 0 atom stereocenters. The van der Waals surface area contributed by atoms with Crippen LogP contribution < -0.4 is 0 Å². The van der Waals surface area contributed by atoms with E-state index in [-0.39, 0.29) is 18.4 Å². The SMILES string of the molecule is CN(CC(=O)N1CCN(CC(=O)N2CCCCC2)CC1)S(C)(=O)=O. The molecular weight excluding hydrogens is 332 g/mol. The Morgan fingerprint density at radius 3 is 1.96 bits per heavy atom. The quantitative estimate of drug-likeness (QED) is 0.630. The summed E-state index contributed by atoms with van der Waals surface area (Å²) in [5.74, 6) is -0.0174. The molecule has 0 spiro atoms. The van der Waals surface area contributed by atoms with Crippen molar-refractivity contribution in [2.75, 3.05) is 65.7 Å². The highest BCUT2D eigenvalue weighted by molar-refractivity contribution is 7.88. The summed E-state index contributed by atoms with van der Waals surface area (Å²) in [7, 11) is -1.95. The predicted octanol–water partition coefficient (Wildman–Crippen LogP) is -0.965. The second-order valence-electron chi connectivity index (χ2n) is 6.62. The molecule has 2 rings (SSSR count). The summed E-state index contributed by atoms with van der Waals surface area (Å²) in [5, 5.41) is 0. The standard InChI is InChI=1S/C15H28N4O4S/c1-16(24(2,22)23)12-14(20)19-10-8-17(9-11-19)13-15(21)18-6-4-3-5-7-18/h3-13H2,1-2H3. The van der Waals surface area contributed by atoms with Crippen molar-refractivity contribution in [3.8, 4) is 0 Å². The van der Waals surface area contributed by atoms with Gasteiger partial charge in [0.05, 0.1) is 19.3 Å². The van der Waals surface area contributed by atoms with Crippen molar-refractivity contribution >= 4 is 21.8 Å². The predicted molar refractivity (Wildman–Crippen MR) is 90.9 cm³/mol. The average molecular weight is 360 g/mol. The Balaban J connectivity index is 1.74. The lowest BCUT2D eigenvalue weighted by Gasteiger charge is -2.36. The van der Waals surface area contributed by atoms with Gasteiger partial charge in [-0.25, -0.2) is 8.42 Å². The molecule has 0 aromatic rings. The fourth-order valence-corrected chi connectivity index (χ4v) is 3.34. The van der Waals surface area contributed by atoms with Crippen molar-refractivity contribution in [3.63, 3.8) is 0 Å². The minimum absolute atomic E-state index is 0.133. The highest BCUT2D eigenvalue weighted by Gasteiger charge is 2.26. The molecule has 2 aliphatic heterocycles. The Bertz CT molecular complexity index is 552. The number of amides is 2. The number of carbonyl (C=O) groups excluding carboxylic acids is 2. The van der Waals surface area contributed by atoms with E-state index in [0.29, 0.717) is 32.7 Å². The van der Waals surface area contributed by atoms with Gasteiger partial charge in [0.15, 0.2) is 0 Å². The van der Waals surface area contributed by atoms with Gasteiger partial charge in [0.25, 0.3) is 0 Å². The molecule has 0 aromatic carbocycles. The summed E-state index contributed by atoms with van der Waals surface area (Å²) >= 11 is 0. The Labute approximate surface area is 144 Å². The van der Waals surface area contributed by atoms with Crippen molar-refractivity contribution < 1.29 is 18.0 Å². The van der Waals surface area contributed by atoms with E-state index in [2.05, 4.69) is 4.90 Å². The summed E-state index contributed by atoms with van der Waals surface area (Å²) < 4.78 is 23.8. The van der Waals surface area contributed by atoms with Gasteiger partial charge in [0.1, 0.15) is 0 Å². The van der Waals surface area contributed by atoms with Gasteiger partial charge >= 0.3 is 0 Å². The third-order valence-electron chi connectivity index (χ3n) is 4.72.